The predicted octanol–water partition coefficient (Wildman–Crippen LogP) is 4.71. The zero-order valence-electron chi connectivity index (χ0n) is 14.3. The van der Waals surface area contributed by atoms with Crippen molar-refractivity contribution in [2.45, 2.75) is 26.3 Å². The molecular weight excluding hydrogens is 314 g/mol. The second-order valence-electron chi connectivity index (χ2n) is 6.51. The molecule has 3 rings (SSSR count). The van der Waals surface area contributed by atoms with Crippen LogP contribution in [0.1, 0.15) is 41.3 Å². The number of benzene rings is 3. The van der Waals surface area contributed by atoms with Crippen LogP contribution >= 0.6 is 0 Å². The minimum absolute atomic E-state index is 0.0295. The van der Waals surface area contributed by atoms with Gasteiger partial charge < -0.3 is 15.5 Å². The molecule has 128 valence electrons. The zero-order chi connectivity index (χ0) is 18.0. The maximum Gasteiger partial charge on any atom is 0.345 e. The highest BCUT2D eigenvalue weighted by Crippen LogP contribution is 2.26. The Hall–Kier alpha value is -3.01. The Bertz CT molecular complexity index is 914. The van der Waals surface area contributed by atoms with Gasteiger partial charge in [-0.3, -0.25) is 0 Å². The van der Waals surface area contributed by atoms with Gasteiger partial charge in [-0.25, -0.2) is 4.79 Å². The summed E-state index contributed by atoms with van der Waals surface area (Å²) in [6.07, 6.45) is 0. The van der Waals surface area contributed by atoms with Gasteiger partial charge in [0.25, 0.3) is 5.75 Å². The van der Waals surface area contributed by atoms with E-state index in [0.717, 1.165) is 22.0 Å². The Morgan fingerprint density at radius 2 is 1.76 bits per heavy atom. The first kappa shape index (κ1) is 16.8. The van der Waals surface area contributed by atoms with Gasteiger partial charge in [0.05, 0.1) is 0 Å². The lowest BCUT2D eigenvalue weighted by molar-refractivity contribution is 0.0694. The van der Waals surface area contributed by atoms with Crippen molar-refractivity contribution in [2.75, 3.05) is 5.32 Å². The second kappa shape index (κ2) is 6.85. The number of hydrogen-bond acceptors (Lipinski definition) is 2. The lowest BCUT2D eigenvalue weighted by Crippen LogP contribution is -2.00. The molecule has 0 radical (unpaired) electrons. The molecular formula is C21H22NO3+. The van der Waals surface area contributed by atoms with E-state index in [0.29, 0.717) is 12.5 Å². The lowest BCUT2D eigenvalue weighted by atomic mass is 10.0. The maximum atomic E-state index is 11.2. The summed E-state index contributed by atoms with van der Waals surface area (Å²) >= 11 is 0. The van der Waals surface area contributed by atoms with Crippen molar-refractivity contribution in [2.24, 2.45) is 0 Å². The summed E-state index contributed by atoms with van der Waals surface area (Å²) in [6, 6.07) is 17.5. The molecule has 4 nitrogen and oxygen atoms in total. The summed E-state index contributed by atoms with van der Waals surface area (Å²) in [5.41, 5.74) is 3.46. The molecule has 0 aliphatic rings. The van der Waals surface area contributed by atoms with Gasteiger partial charge >= 0.3 is 5.97 Å². The average molecular weight is 336 g/mol. The highest BCUT2D eigenvalue weighted by molar-refractivity contribution is 5.97. The van der Waals surface area contributed by atoms with Gasteiger partial charge in [-0.2, -0.15) is 0 Å². The van der Waals surface area contributed by atoms with Crippen molar-refractivity contribution in [1.82, 2.24) is 0 Å². The second-order valence-corrected chi connectivity index (χ2v) is 6.51. The van der Waals surface area contributed by atoms with Crippen LogP contribution in [0.3, 0.4) is 0 Å². The SMILES string of the molecule is CC(C)c1ccc(NCc2ccc3cc([OH2+])c(C(=O)O)cc3c2)cc1. The third-order valence-electron chi connectivity index (χ3n) is 4.35. The molecule has 3 aromatic carbocycles. The molecule has 0 aliphatic heterocycles. The van der Waals surface area contributed by atoms with E-state index in [2.05, 4.69) is 43.4 Å². The van der Waals surface area contributed by atoms with Crippen molar-refractivity contribution in [3.63, 3.8) is 0 Å². The van der Waals surface area contributed by atoms with Crippen LogP contribution in [0.4, 0.5) is 5.69 Å². The number of carboxylic acids is 1. The molecule has 0 spiro atoms. The molecule has 0 bridgehead atoms. The lowest BCUT2D eigenvalue weighted by Gasteiger charge is -2.10. The first-order valence-electron chi connectivity index (χ1n) is 8.29. The molecule has 0 amide bonds. The monoisotopic (exact) mass is 336 g/mol. The van der Waals surface area contributed by atoms with Crippen molar-refractivity contribution >= 4 is 22.4 Å². The van der Waals surface area contributed by atoms with E-state index in [-0.39, 0.29) is 11.3 Å². The van der Waals surface area contributed by atoms with Crippen molar-refractivity contribution in [3.05, 3.63) is 71.3 Å². The first-order valence-corrected chi connectivity index (χ1v) is 8.29. The van der Waals surface area contributed by atoms with Gasteiger partial charge in [0, 0.05) is 18.3 Å². The molecule has 3 aromatic rings. The molecule has 0 unspecified atom stereocenters. The molecule has 0 heterocycles. The van der Waals surface area contributed by atoms with Crippen LogP contribution < -0.4 is 5.32 Å². The first-order chi connectivity index (χ1) is 11.9. The number of fused-ring (bicyclic) bond motifs is 1. The smallest absolute Gasteiger partial charge is 0.345 e. The molecule has 0 aromatic heterocycles. The number of nitrogens with one attached hydrogen (secondary N) is 1. The highest BCUT2D eigenvalue weighted by atomic mass is 16.4. The van der Waals surface area contributed by atoms with Crippen molar-refractivity contribution in [1.29, 1.82) is 0 Å². The highest BCUT2D eigenvalue weighted by Gasteiger charge is 2.14. The van der Waals surface area contributed by atoms with E-state index >= 15 is 0 Å². The average Bonchev–Trinajstić information content (AvgIpc) is 2.59. The van der Waals surface area contributed by atoms with E-state index in [1.165, 1.54) is 5.56 Å². The Morgan fingerprint density at radius 3 is 2.40 bits per heavy atom. The number of carbonyl (C=O) groups is 1. The van der Waals surface area contributed by atoms with Gasteiger partial charge in [-0.05, 0) is 52.1 Å². The molecule has 0 saturated carbocycles. The van der Waals surface area contributed by atoms with E-state index < -0.39 is 5.97 Å². The van der Waals surface area contributed by atoms with Crippen LogP contribution in [0.2, 0.25) is 0 Å². The Balaban J connectivity index is 1.79. The van der Waals surface area contributed by atoms with Crippen LogP contribution in [0.5, 0.6) is 5.75 Å². The Labute approximate surface area is 146 Å². The largest absolute Gasteiger partial charge is 0.593 e. The van der Waals surface area contributed by atoms with Crippen LogP contribution in [-0.4, -0.2) is 16.2 Å². The van der Waals surface area contributed by atoms with E-state index in [4.69, 9.17) is 5.11 Å². The molecule has 0 fully saturated rings. The summed E-state index contributed by atoms with van der Waals surface area (Å²) in [5.74, 6) is -0.517. The normalized spacial score (nSPS) is 11.0. The standard InChI is InChI=1S/C21H21NO3/c1-13(2)15-5-7-18(8-6-15)22-12-14-3-4-16-11-20(23)19(21(24)25)10-17(16)9-14/h3-11,13,22-23H,12H2,1-2H3,(H,24,25)/p+1. The minimum Gasteiger partial charge on any atom is -0.593 e. The van der Waals surface area contributed by atoms with E-state index in [9.17, 15) is 9.90 Å². The zero-order valence-corrected chi connectivity index (χ0v) is 14.3. The van der Waals surface area contributed by atoms with Crippen molar-refractivity contribution < 1.29 is 15.0 Å². The number of anilines is 1. The number of hydrogen-bond donors (Lipinski definition) is 2. The number of rotatable bonds is 5. The fourth-order valence-corrected chi connectivity index (χ4v) is 2.82. The van der Waals surface area contributed by atoms with E-state index in [1.807, 2.05) is 18.2 Å². The van der Waals surface area contributed by atoms with Gasteiger partial charge in [0.1, 0.15) is 0 Å². The number of carboxylic acid groups (broad SMARTS) is 1. The molecule has 25 heavy (non-hydrogen) atoms. The molecule has 4 heteroatoms. The van der Waals surface area contributed by atoms with Crippen LogP contribution in [-0.2, 0) is 6.54 Å². The third-order valence-corrected chi connectivity index (χ3v) is 4.35. The molecule has 0 saturated heterocycles. The van der Waals surface area contributed by atoms with E-state index in [1.54, 1.807) is 12.1 Å². The summed E-state index contributed by atoms with van der Waals surface area (Å²) in [7, 11) is 0. The summed E-state index contributed by atoms with van der Waals surface area (Å²) in [6.45, 7) is 5.00. The number of aromatic carboxylic acids is 1. The van der Waals surface area contributed by atoms with Crippen molar-refractivity contribution in [3.8, 4) is 5.75 Å². The summed E-state index contributed by atoms with van der Waals surface area (Å²) in [5, 5.41) is 22.1. The van der Waals surface area contributed by atoms with Gasteiger partial charge in [0.2, 0.25) is 0 Å². The minimum atomic E-state index is -1.07. The molecule has 0 aliphatic carbocycles. The third kappa shape index (κ3) is 3.74. The maximum absolute atomic E-state index is 11.2. The Morgan fingerprint density at radius 1 is 1.04 bits per heavy atom. The van der Waals surface area contributed by atoms with Gasteiger partial charge in [0.15, 0.2) is 5.56 Å². The fourth-order valence-electron chi connectivity index (χ4n) is 2.82. The van der Waals surface area contributed by atoms with Gasteiger partial charge in [-0.1, -0.05) is 38.1 Å². The Kier molecular flexibility index (Phi) is 4.61. The van der Waals surface area contributed by atoms with Gasteiger partial charge in [-0.15, -0.1) is 0 Å². The van der Waals surface area contributed by atoms with Crippen LogP contribution in [0.15, 0.2) is 54.6 Å². The summed E-state index contributed by atoms with van der Waals surface area (Å²) in [4.78, 5) is 11.2. The molecule has 0 atom stereocenters. The fraction of sp³-hybridized carbons (Fsp3) is 0.190. The molecule has 4 N–H and O–H groups in total. The predicted molar refractivity (Wildman–Crippen MR) is 102 cm³/mol. The van der Waals surface area contributed by atoms with Crippen LogP contribution in [0, 0.1) is 0 Å². The summed E-state index contributed by atoms with van der Waals surface area (Å²) < 4.78 is 0. The van der Waals surface area contributed by atoms with Crippen LogP contribution in [0.25, 0.3) is 10.8 Å². The topological polar surface area (TPSA) is 72.2 Å². The quantitative estimate of drug-likeness (QED) is 0.663.